The molecule has 0 atom stereocenters. The summed E-state index contributed by atoms with van der Waals surface area (Å²) in [5, 5.41) is 0.729. The lowest BCUT2D eigenvalue weighted by atomic mass is 10.1. The minimum atomic E-state index is -4.40. The monoisotopic (exact) mass is 362 g/mol. The van der Waals surface area contributed by atoms with Crippen LogP contribution >= 0.6 is 35.0 Å². The number of rotatable bonds is 2. The zero-order chi connectivity index (χ0) is 15.9. The first-order valence-electron chi connectivity index (χ1n) is 6.03. The highest BCUT2D eigenvalue weighted by molar-refractivity contribution is 8.00. The van der Waals surface area contributed by atoms with Crippen LogP contribution in [-0.2, 0) is 0 Å². The summed E-state index contributed by atoms with van der Waals surface area (Å²) in [6.45, 7) is 0. The molecule has 0 bridgehead atoms. The second kappa shape index (κ2) is 5.68. The fourth-order valence-electron chi connectivity index (χ4n) is 2.04. The number of hydrogen-bond donors (Lipinski definition) is 1. The van der Waals surface area contributed by atoms with Crippen molar-refractivity contribution in [2.75, 3.05) is 0 Å². The molecular formula is C14H7Cl2F3N2S. The number of H-pyrrole nitrogens is 1. The lowest BCUT2D eigenvalue weighted by Crippen LogP contribution is -1.99. The van der Waals surface area contributed by atoms with E-state index in [1.54, 1.807) is 30.3 Å². The predicted octanol–water partition coefficient (Wildman–Crippen LogP) is 6.15. The highest BCUT2D eigenvalue weighted by atomic mass is 35.5. The number of fused-ring (bicyclic) bond motifs is 1. The number of halogens is 5. The van der Waals surface area contributed by atoms with Gasteiger partial charge in [-0.3, -0.25) is 0 Å². The van der Waals surface area contributed by atoms with Crippen LogP contribution in [0.2, 0.25) is 10.0 Å². The van der Waals surface area contributed by atoms with Crippen LogP contribution in [0.15, 0.2) is 41.6 Å². The maximum absolute atomic E-state index is 12.4. The Balaban J connectivity index is 2.08. The number of benzene rings is 2. The first-order chi connectivity index (χ1) is 10.3. The van der Waals surface area contributed by atoms with E-state index in [1.807, 2.05) is 6.07 Å². The highest BCUT2D eigenvalue weighted by Crippen LogP contribution is 2.38. The van der Waals surface area contributed by atoms with Gasteiger partial charge in [-0.15, -0.1) is 0 Å². The van der Waals surface area contributed by atoms with Gasteiger partial charge in [0.2, 0.25) is 0 Å². The van der Waals surface area contributed by atoms with E-state index >= 15 is 0 Å². The Morgan fingerprint density at radius 3 is 2.55 bits per heavy atom. The summed E-state index contributed by atoms with van der Waals surface area (Å²) in [5.41, 5.74) is -2.11. The zero-order valence-corrected chi connectivity index (χ0v) is 13.0. The maximum atomic E-state index is 12.4. The Labute approximate surface area is 137 Å². The summed E-state index contributed by atoms with van der Waals surface area (Å²) >= 11 is 11.9. The molecule has 0 aliphatic heterocycles. The SMILES string of the molecule is FC(F)(F)Sc1nc2cc(-c3cccc(Cl)c3)c(Cl)cc2[nH]1. The molecule has 0 aliphatic carbocycles. The number of aromatic amines is 1. The van der Waals surface area contributed by atoms with Gasteiger partial charge in [0.05, 0.1) is 16.1 Å². The van der Waals surface area contributed by atoms with Crippen molar-refractivity contribution in [3.8, 4) is 11.1 Å². The molecule has 1 N–H and O–H groups in total. The number of alkyl halides is 3. The van der Waals surface area contributed by atoms with Crippen molar-refractivity contribution in [1.29, 1.82) is 0 Å². The maximum Gasteiger partial charge on any atom is 0.449 e. The van der Waals surface area contributed by atoms with E-state index in [2.05, 4.69) is 9.97 Å². The van der Waals surface area contributed by atoms with E-state index in [4.69, 9.17) is 23.2 Å². The predicted molar refractivity (Wildman–Crippen MR) is 83.5 cm³/mol. The molecule has 8 heteroatoms. The molecule has 3 rings (SSSR count). The van der Waals surface area contributed by atoms with Crippen LogP contribution in [0.5, 0.6) is 0 Å². The van der Waals surface area contributed by atoms with Crippen LogP contribution in [0.3, 0.4) is 0 Å². The Hall–Kier alpha value is -1.37. The molecular weight excluding hydrogens is 356 g/mol. The fourth-order valence-corrected chi connectivity index (χ4v) is 3.03. The van der Waals surface area contributed by atoms with Gasteiger partial charge in [0.1, 0.15) is 0 Å². The Bertz CT molecular complexity index is 846. The van der Waals surface area contributed by atoms with Crippen molar-refractivity contribution in [3.63, 3.8) is 0 Å². The largest absolute Gasteiger partial charge is 0.449 e. The van der Waals surface area contributed by atoms with Gasteiger partial charge < -0.3 is 4.98 Å². The minimum absolute atomic E-state index is 0.221. The minimum Gasteiger partial charge on any atom is -0.333 e. The van der Waals surface area contributed by atoms with Gasteiger partial charge in [0.15, 0.2) is 5.16 Å². The molecule has 0 aliphatic rings. The number of hydrogen-bond acceptors (Lipinski definition) is 2. The molecule has 1 heterocycles. The summed E-state index contributed by atoms with van der Waals surface area (Å²) in [6.07, 6.45) is 0. The van der Waals surface area contributed by atoms with Gasteiger partial charge in [-0.25, -0.2) is 4.98 Å². The summed E-state index contributed by atoms with van der Waals surface area (Å²) in [4.78, 5) is 6.55. The lowest BCUT2D eigenvalue weighted by Gasteiger charge is -2.05. The second-order valence-corrected chi connectivity index (χ2v) is 6.35. The van der Waals surface area contributed by atoms with E-state index < -0.39 is 5.51 Å². The lowest BCUT2D eigenvalue weighted by molar-refractivity contribution is -0.0330. The molecule has 2 aromatic carbocycles. The van der Waals surface area contributed by atoms with Crippen molar-refractivity contribution in [3.05, 3.63) is 46.4 Å². The molecule has 2 nitrogen and oxygen atoms in total. The van der Waals surface area contributed by atoms with Crippen molar-refractivity contribution in [2.24, 2.45) is 0 Å². The third-order valence-corrected chi connectivity index (χ3v) is 4.06. The molecule has 1 aromatic heterocycles. The quantitative estimate of drug-likeness (QED) is 0.554. The Morgan fingerprint density at radius 2 is 1.86 bits per heavy atom. The van der Waals surface area contributed by atoms with E-state index in [9.17, 15) is 13.2 Å². The van der Waals surface area contributed by atoms with E-state index in [0.29, 0.717) is 26.6 Å². The molecule has 0 saturated carbocycles. The molecule has 0 amide bonds. The Kier molecular flexibility index (Phi) is 4.01. The van der Waals surface area contributed by atoms with Gasteiger partial charge in [0.25, 0.3) is 0 Å². The van der Waals surface area contributed by atoms with Crippen molar-refractivity contribution < 1.29 is 13.2 Å². The number of nitrogens with zero attached hydrogens (tertiary/aromatic N) is 1. The number of nitrogens with one attached hydrogen (secondary N) is 1. The first kappa shape index (κ1) is 15.5. The molecule has 0 spiro atoms. The average molecular weight is 363 g/mol. The summed E-state index contributed by atoms with van der Waals surface area (Å²) in [5.74, 6) is 0. The van der Waals surface area contributed by atoms with Crippen molar-refractivity contribution in [2.45, 2.75) is 10.7 Å². The molecule has 0 radical (unpaired) electrons. The normalized spacial score (nSPS) is 12.0. The summed E-state index contributed by atoms with van der Waals surface area (Å²) < 4.78 is 37.2. The van der Waals surface area contributed by atoms with Gasteiger partial charge >= 0.3 is 5.51 Å². The standard InChI is InChI=1S/C14H7Cl2F3N2S/c15-8-3-1-2-7(4-8)9-5-11-12(6-10(9)16)21-13(20-11)22-14(17,18)19/h1-6H,(H,20,21). The fraction of sp³-hybridized carbons (Fsp3) is 0.0714. The molecule has 114 valence electrons. The number of thioether (sulfide) groups is 1. The van der Waals surface area contributed by atoms with Gasteiger partial charge in [-0.1, -0.05) is 35.3 Å². The van der Waals surface area contributed by atoms with E-state index in [-0.39, 0.29) is 16.9 Å². The van der Waals surface area contributed by atoms with Crippen molar-refractivity contribution >= 4 is 46.0 Å². The van der Waals surface area contributed by atoms with Crippen LogP contribution in [-0.4, -0.2) is 15.5 Å². The second-order valence-electron chi connectivity index (χ2n) is 4.45. The molecule has 3 aromatic rings. The van der Waals surface area contributed by atoms with Crippen molar-refractivity contribution in [1.82, 2.24) is 9.97 Å². The van der Waals surface area contributed by atoms with Crippen LogP contribution in [0.1, 0.15) is 0 Å². The third-order valence-electron chi connectivity index (χ3n) is 2.90. The topological polar surface area (TPSA) is 28.7 Å². The molecule has 0 fully saturated rings. The molecule has 22 heavy (non-hydrogen) atoms. The van der Waals surface area contributed by atoms with Gasteiger partial charge in [-0.05, 0) is 29.8 Å². The third kappa shape index (κ3) is 3.34. The summed E-state index contributed by atoms with van der Waals surface area (Å²) in [6, 6.07) is 10.2. The van der Waals surface area contributed by atoms with Crippen LogP contribution in [0, 0.1) is 0 Å². The van der Waals surface area contributed by atoms with Gasteiger partial charge in [0, 0.05) is 22.3 Å². The number of aromatic nitrogens is 2. The van der Waals surface area contributed by atoms with Crippen LogP contribution in [0.4, 0.5) is 13.2 Å². The number of imidazole rings is 1. The van der Waals surface area contributed by atoms with Crippen LogP contribution < -0.4 is 0 Å². The van der Waals surface area contributed by atoms with E-state index in [1.165, 1.54) is 0 Å². The van der Waals surface area contributed by atoms with Gasteiger partial charge in [-0.2, -0.15) is 13.2 Å². The Morgan fingerprint density at radius 1 is 1.09 bits per heavy atom. The van der Waals surface area contributed by atoms with E-state index in [0.717, 1.165) is 5.56 Å². The smallest absolute Gasteiger partial charge is 0.333 e. The molecule has 0 saturated heterocycles. The highest BCUT2D eigenvalue weighted by Gasteiger charge is 2.31. The first-order valence-corrected chi connectivity index (χ1v) is 7.60. The average Bonchev–Trinajstić information content (AvgIpc) is 2.76. The summed E-state index contributed by atoms with van der Waals surface area (Å²) in [7, 11) is 0. The van der Waals surface area contributed by atoms with Crippen LogP contribution in [0.25, 0.3) is 22.2 Å². The zero-order valence-electron chi connectivity index (χ0n) is 10.7. The molecule has 0 unspecified atom stereocenters.